The first-order valence-electron chi connectivity index (χ1n) is 6.41. The lowest BCUT2D eigenvalue weighted by molar-refractivity contribution is -0.138. The molecule has 0 spiro atoms. The van der Waals surface area contributed by atoms with Crippen LogP contribution in [0.2, 0.25) is 0 Å². The summed E-state index contributed by atoms with van der Waals surface area (Å²) >= 11 is 1.20. The fourth-order valence-corrected chi connectivity index (χ4v) is 2.75. The van der Waals surface area contributed by atoms with Crippen LogP contribution in [0, 0.1) is 0 Å². The van der Waals surface area contributed by atoms with Crippen molar-refractivity contribution in [1.82, 2.24) is 4.98 Å². The fraction of sp³-hybridized carbons (Fsp3) is 0.267. The molecule has 0 saturated carbocycles. The van der Waals surface area contributed by atoms with Gasteiger partial charge in [-0.1, -0.05) is 23.9 Å². The van der Waals surface area contributed by atoms with Crippen LogP contribution in [0.25, 0.3) is 0 Å². The molecule has 2 N–H and O–H groups in total. The van der Waals surface area contributed by atoms with Gasteiger partial charge in [-0.3, -0.25) is 0 Å². The Hall–Kier alpha value is -1.53. The van der Waals surface area contributed by atoms with E-state index in [-0.39, 0.29) is 18.0 Å². The number of halogens is 3. The van der Waals surface area contributed by atoms with Crippen molar-refractivity contribution >= 4 is 11.8 Å². The summed E-state index contributed by atoms with van der Waals surface area (Å²) in [5.74, 6) is 0. The smallest absolute Gasteiger partial charge is 0.328 e. The van der Waals surface area contributed by atoms with Crippen LogP contribution >= 0.6 is 11.8 Å². The van der Waals surface area contributed by atoms with E-state index in [2.05, 4.69) is 4.98 Å². The molecule has 0 amide bonds. The number of hydrogen-bond acceptors (Lipinski definition) is 3. The molecule has 1 atom stereocenters. The predicted molar refractivity (Wildman–Crippen MR) is 77.2 cm³/mol. The van der Waals surface area contributed by atoms with Gasteiger partial charge in [0.15, 0.2) is 0 Å². The van der Waals surface area contributed by atoms with Gasteiger partial charge >= 0.3 is 6.18 Å². The van der Waals surface area contributed by atoms with E-state index >= 15 is 0 Å². The Morgan fingerprint density at radius 2 is 2.00 bits per heavy atom. The Kier molecular flexibility index (Phi) is 4.90. The van der Waals surface area contributed by atoms with Crippen LogP contribution in [0.1, 0.15) is 18.1 Å². The van der Waals surface area contributed by atoms with Crippen LogP contribution in [0.3, 0.4) is 0 Å². The molecule has 112 valence electrons. The second-order valence-corrected chi connectivity index (χ2v) is 5.86. The zero-order valence-electron chi connectivity index (χ0n) is 11.4. The van der Waals surface area contributed by atoms with Gasteiger partial charge in [0.05, 0.1) is 5.56 Å². The molecule has 0 fully saturated rings. The van der Waals surface area contributed by atoms with Gasteiger partial charge in [0.1, 0.15) is 5.03 Å². The summed E-state index contributed by atoms with van der Waals surface area (Å²) < 4.78 is 39.5. The van der Waals surface area contributed by atoms with Crippen molar-refractivity contribution in [2.24, 2.45) is 5.73 Å². The number of pyridine rings is 1. The maximum absolute atomic E-state index is 13.2. The second-order valence-electron chi connectivity index (χ2n) is 4.77. The quantitative estimate of drug-likeness (QED) is 0.922. The third-order valence-corrected chi connectivity index (χ3v) is 3.73. The molecule has 0 aliphatic heterocycles. The monoisotopic (exact) mass is 312 g/mol. The molecule has 2 rings (SSSR count). The lowest BCUT2D eigenvalue weighted by Crippen LogP contribution is -2.20. The largest absolute Gasteiger partial charge is 0.416 e. The molecule has 1 aromatic heterocycles. The molecule has 2 aromatic rings. The topological polar surface area (TPSA) is 38.9 Å². The summed E-state index contributed by atoms with van der Waals surface area (Å²) in [6, 6.07) is 9.33. The highest BCUT2D eigenvalue weighted by molar-refractivity contribution is 7.99. The molecule has 6 heteroatoms. The van der Waals surface area contributed by atoms with Gasteiger partial charge in [-0.15, -0.1) is 0 Å². The van der Waals surface area contributed by atoms with E-state index in [0.29, 0.717) is 9.92 Å². The fourth-order valence-electron chi connectivity index (χ4n) is 1.94. The van der Waals surface area contributed by atoms with E-state index in [9.17, 15) is 13.2 Å². The highest BCUT2D eigenvalue weighted by Crippen LogP contribution is 2.36. The zero-order valence-corrected chi connectivity index (χ0v) is 12.2. The van der Waals surface area contributed by atoms with Crippen LogP contribution in [0.15, 0.2) is 52.5 Å². The molecule has 1 aromatic carbocycles. The summed E-state index contributed by atoms with van der Waals surface area (Å²) in [5, 5.41) is 0.658. The minimum absolute atomic E-state index is 0.198. The molecule has 0 radical (unpaired) electrons. The van der Waals surface area contributed by atoms with Gasteiger partial charge in [0.25, 0.3) is 0 Å². The average Bonchev–Trinajstić information content (AvgIpc) is 2.40. The average molecular weight is 312 g/mol. The minimum Gasteiger partial charge on any atom is -0.328 e. The van der Waals surface area contributed by atoms with Crippen LogP contribution < -0.4 is 5.73 Å². The number of alkyl halides is 3. The maximum Gasteiger partial charge on any atom is 0.416 e. The van der Waals surface area contributed by atoms with Gasteiger partial charge in [-0.2, -0.15) is 13.2 Å². The number of aromatic nitrogens is 1. The van der Waals surface area contributed by atoms with Crippen molar-refractivity contribution in [1.29, 1.82) is 0 Å². The first-order valence-corrected chi connectivity index (χ1v) is 7.22. The molecule has 0 aliphatic rings. The lowest BCUT2D eigenvalue weighted by atomic mass is 10.0. The highest BCUT2D eigenvalue weighted by Gasteiger charge is 2.33. The molecule has 2 nitrogen and oxygen atoms in total. The molecule has 1 unspecified atom stereocenters. The van der Waals surface area contributed by atoms with E-state index < -0.39 is 11.7 Å². The number of rotatable bonds is 4. The van der Waals surface area contributed by atoms with Gasteiger partial charge in [-0.05, 0) is 43.2 Å². The Labute approximate surface area is 125 Å². The van der Waals surface area contributed by atoms with Gasteiger partial charge < -0.3 is 5.73 Å². The van der Waals surface area contributed by atoms with Crippen LogP contribution in [0.4, 0.5) is 13.2 Å². The molecule has 21 heavy (non-hydrogen) atoms. The molecular formula is C15H15F3N2S. The standard InChI is InChI=1S/C15H15F3N2S/c1-10(19)8-11-5-6-12(9-13(11)15(16,17)18)21-14-4-2-3-7-20-14/h2-7,9-10H,8,19H2,1H3. The van der Waals surface area contributed by atoms with E-state index in [0.717, 1.165) is 6.07 Å². The normalized spacial score (nSPS) is 13.2. The number of hydrogen-bond donors (Lipinski definition) is 1. The van der Waals surface area contributed by atoms with Crippen LogP contribution in [-0.4, -0.2) is 11.0 Å². The summed E-state index contributed by atoms with van der Waals surface area (Å²) in [7, 11) is 0. The van der Waals surface area contributed by atoms with Crippen LogP contribution in [0.5, 0.6) is 0 Å². The minimum atomic E-state index is -4.38. The molecule has 0 aliphatic carbocycles. The molecule has 0 bridgehead atoms. The SMILES string of the molecule is CC(N)Cc1ccc(Sc2ccccn2)cc1C(F)(F)F. The Balaban J connectivity index is 2.33. The van der Waals surface area contributed by atoms with Crippen LogP contribution in [-0.2, 0) is 12.6 Å². The van der Waals surface area contributed by atoms with Gasteiger partial charge in [-0.25, -0.2) is 4.98 Å². The number of nitrogens with two attached hydrogens (primary N) is 1. The third kappa shape index (κ3) is 4.47. The second kappa shape index (κ2) is 6.49. The van der Waals surface area contributed by atoms with Crippen molar-refractivity contribution in [3.05, 3.63) is 53.7 Å². The van der Waals surface area contributed by atoms with E-state index in [1.165, 1.54) is 17.8 Å². The number of benzene rings is 1. The Bertz CT molecular complexity index is 598. The van der Waals surface area contributed by atoms with E-state index in [1.54, 1.807) is 37.4 Å². The zero-order chi connectivity index (χ0) is 15.5. The Morgan fingerprint density at radius 1 is 1.24 bits per heavy atom. The summed E-state index contributed by atoms with van der Waals surface area (Å²) in [6.45, 7) is 1.69. The maximum atomic E-state index is 13.2. The summed E-state index contributed by atoms with van der Waals surface area (Å²) in [5.41, 5.74) is 5.22. The lowest BCUT2D eigenvalue weighted by Gasteiger charge is -2.15. The highest BCUT2D eigenvalue weighted by atomic mass is 32.2. The van der Waals surface area contributed by atoms with Crippen molar-refractivity contribution in [3.63, 3.8) is 0 Å². The van der Waals surface area contributed by atoms with Gasteiger partial charge in [0, 0.05) is 17.1 Å². The van der Waals surface area contributed by atoms with Crippen molar-refractivity contribution < 1.29 is 13.2 Å². The van der Waals surface area contributed by atoms with Crippen molar-refractivity contribution in [2.75, 3.05) is 0 Å². The molecule has 0 saturated heterocycles. The molecule has 1 heterocycles. The van der Waals surface area contributed by atoms with Crippen molar-refractivity contribution in [2.45, 2.75) is 35.5 Å². The van der Waals surface area contributed by atoms with Gasteiger partial charge in [0.2, 0.25) is 0 Å². The van der Waals surface area contributed by atoms with Crippen molar-refractivity contribution in [3.8, 4) is 0 Å². The molecular weight excluding hydrogens is 297 g/mol. The summed E-state index contributed by atoms with van der Waals surface area (Å²) in [6.07, 6.45) is -2.58. The first kappa shape index (κ1) is 15.9. The first-order chi connectivity index (χ1) is 9.86. The third-order valence-electron chi connectivity index (χ3n) is 2.79. The summed E-state index contributed by atoms with van der Waals surface area (Å²) in [4.78, 5) is 4.61. The number of nitrogens with zero attached hydrogens (tertiary/aromatic N) is 1. The van der Waals surface area contributed by atoms with E-state index in [1.807, 2.05) is 0 Å². The Morgan fingerprint density at radius 3 is 2.57 bits per heavy atom. The predicted octanol–water partition coefficient (Wildman–Crippen LogP) is 4.14. The van der Waals surface area contributed by atoms with E-state index in [4.69, 9.17) is 5.73 Å².